The highest BCUT2D eigenvalue weighted by atomic mass is 35.5. The molecule has 0 bridgehead atoms. The predicted molar refractivity (Wildman–Crippen MR) is 47.3 cm³/mol. The van der Waals surface area contributed by atoms with Crippen molar-refractivity contribution in [3.63, 3.8) is 0 Å². The van der Waals surface area contributed by atoms with Gasteiger partial charge < -0.3 is 5.21 Å². The van der Waals surface area contributed by atoms with Crippen LogP contribution in [-0.2, 0) is 12.7 Å². The van der Waals surface area contributed by atoms with Crippen molar-refractivity contribution in [2.75, 3.05) is 0 Å². The van der Waals surface area contributed by atoms with Gasteiger partial charge in [-0.15, -0.1) is 12.4 Å². The summed E-state index contributed by atoms with van der Waals surface area (Å²) in [6, 6.07) is 4.78. The molecular weight excluding hydrogens is 219 g/mol. The quantitative estimate of drug-likeness (QED) is 0.762. The summed E-state index contributed by atoms with van der Waals surface area (Å²) >= 11 is 0. The Morgan fingerprint density at radius 1 is 1.29 bits per heavy atom. The average molecular weight is 228 g/mol. The zero-order valence-electron chi connectivity index (χ0n) is 7.01. The smallest absolute Gasteiger partial charge is 0.316 e. The Morgan fingerprint density at radius 2 is 1.93 bits per heavy atom. The molecule has 80 valence electrons. The summed E-state index contributed by atoms with van der Waals surface area (Å²) in [5.74, 6) is 0. The maximum Gasteiger partial charge on any atom is 0.416 e. The van der Waals surface area contributed by atoms with E-state index in [0.717, 1.165) is 12.1 Å². The second-order valence-electron chi connectivity index (χ2n) is 2.53. The van der Waals surface area contributed by atoms with E-state index in [4.69, 9.17) is 5.21 Å². The molecule has 0 atom stereocenters. The Labute approximate surface area is 85.1 Å². The second-order valence-corrected chi connectivity index (χ2v) is 2.53. The molecule has 0 radical (unpaired) electrons. The van der Waals surface area contributed by atoms with Crippen LogP contribution in [0.3, 0.4) is 0 Å². The zero-order chi connectivity index (χ0) is 9.90. The molecule has 0 saturated carbocycles. The molecule has 2 nitrogen and oxygen atoms in total. The monoisotopic (exact) mass is 227 g/mol. The van der Waals surface area contributed by atoms with E-state index in [-0.39, 0.29) is 19.0 Å². The number of nitrogens with one attached hydrogen (secondary N) is 1. The Balaban J connectivity index is 0.00000169. The number of halogens is 4. The van der Waals surface area contributed by atoms with Crippen LogP contribution in [0.4, 0.5) is 13.2 Å². The molecule has 2 N–H and O–H groups in total. The summed E-state index contributed by atoms with van der Waals surface area (Å²) in [6.07, 6.45) is -4.33. The lowest BCUT2D eigenvalue weighted by molar-refractivity contribution is -0.137. The van der Waals surface area contributed by atoms with Gasteiger partial charge in [0.25, 0.3) is 0 Å². The van der Waals surface area contributed by atoms with Crippen LogP contribution in [-0.4, -0.2) is 5.21 Å². The fourth-order valence-corrected chi connectivity index (χ4v) is 0.949. The maximum atomic E-state index is 12.1. The fraction of sp³-hybridized carbons (Fsp3) is 0.250. The molecule has 1 rings (SSSR count). The third kappa shape index (κ3) is 3.53. The van der Waals surface area contributed by atoms with Crippen LogP contribution in [0.2, 0.25) is 0 Å². The van der Waals surface area contributed by atoms with Crippen molar-refractivity contribution in [3.05, 3.63) is 35.4 Å². The highest BCUT2D eigenvalue weighted by Gasteiger charge is 2.30. The van der Waals surface area contributed by atoms with Crippen LogP contribution in [0, 0.1) is 0 Å². The first-order valence-corrected chi connectivity index (χ1v) is 3.57. The molecular formula is C8H9ClF3NO. The van der Waals surface area contributed by atoms with Gasteiger partial charge in [0.05, 0.1) is 5.56 Å². The SMILES string of the molecule is Cl.ONCc1cccc(C(F)(F)F)c1. The van der Waals surface area contributed by atoms with E-state index in [9.17, 15) is 13.2 Å². The summed E-state index contributed by atoms with van der Waals surface area (Å²) in [7, 11) is 0. The van der Waals surface area contributed by atoms with Gasteiger partial charge in [-0.2, -0.15) is 13.2 Å². The zero-order valence-corrected chi connectivity index (χ0v) is 7.82. The lowest BCUT2D eigenvalue weighted by Crippen LogP contribution is -2.09. The van der Waals surface area contributed by atoms with Gasteiger partial charge in [0.1, 0.15) is 0 Å². The number of hydrogen-bond acceptors (Lipinski definition) is 2. The fourth-order valence-electron chi connectivity index (χ4n) is 0.949. The Morgan fingerprint density at radius 3 is 2.43 bits per heavy atom. The van der Waals surface area contributed by atoms with E-state index in [0.29, 0.717) is 5.56 Å². The first-order chi connectivity index (χ1) is 6.04. The largest absolute Gasteiger partial charge is 0.416 e. The minimum Gasteiger partial charge on any atom is -0.316 e. The van der Waals surface area contributed by atoms with Gasteiger partial charge in [0.2, 0.25) is 0 Å². The van der Waals surface area contributed by atoms with Crippen molar-refractivity contribution in [2.24, 2.45) is 0 Å². The van der Waals surface area contributed by atoms with Gasteiger partial charge in [0.15, 0.2) is 0 Å². The van der Waals surface area contributed by atoms with E-state index < -0.39 is 11.7 Å². The van der Waals surface area contributed by atoms with E-state index in [1.807, 2.05) is 0 Å². The number of alkyl halides is 3. The molecule has 1 aromatic carbocycles. The van der Waals surface area contributed by atoms with Gasteiger partial charge in [0, 0.05) is 6.54 Å². The average Bonchev–Trinajstić information content (AvgIpc) is 2.04. The van der Waals surface area contributed by atoms with E-state index in [1.54, 1.807) is 5.48 Å². The summed E-state index contributed by atoms with van der Waals surface area (Å²) in [5.41, 5.74) is 1.47. The minimum absolute atomic E-state index is 0. The first-order valence-electron chi connectivity index (χ1n) is 3.57. The summed E-state index contributed by atoms with van der Waals surface area (Å²) in [6.45, 7) is 0.00389. The van der Waals surface area contributed by atoms with Gasteiger partial charge in [-0.25, -0.2) is 5.48 Å². The lowest BCUT2D eigenvalue weighted by Gasteiger charge is -2.07. The van der Waals surface area contributed by atoms with Crippen LogP contribution < -0.4 is 5.48 Å². The van der Waals surface area contributed by atoms with Crippen molar-refractivity contribution in [3.8, 4) is 0 Å². The van der Waals surface area contributed by atoms with Crippen LogP contribution >= 0.6 is 12.4 Å². The van der Waals surface area contributed by atoms with Crippen LogP contribution in [0.15, 0.2) is 24.3 Å². The molecule has 0 aliphatic carbocycles. The highest BCUT2D eigenvalue weighted by Crippen LogP contribution is 2.29. The van der Waals surface area contributed by atoms with E-state index >= 15 is 0 Å². The van der Waals surface area contributed by atoms with Crippen LogP contribution in [0.25, 0.3) is 0 Å². The molecule has 0 spiro atoms. The van der Waals surface area contributed by atoms with Gasteiger partial charge in [-0.1, -0.05) is 18.2 Å². The molecule has 0 aromatic heterocycles. The summed E-state index contributed by atoms with van der Waals surface area (Å²) in [5, 5.41) is 8.28. The first kappa shape index (κ1) is 13.2. The Hall–Kier alpha value is -0.780. The second kappa shape index (κ2) is 5.19. The van der Waals surface area contributed by atoms with Crippen molar-refractivity contribution < 1.29 is 18.4 Å². The number of hydroxylamine groups is 1. The molecule has 0 saturated heterocycles. The van der Waals surface area contributed by atoms with Crippen molar-refractivity contribution in [2.45, 2.75) is 12.7 Å². The highest BCUT2D eigenvalue weighted by molar-refractivity contribution is 5.85. The molecule has 0 fully saturated rings. The van der Waals surface area contributed by atoms with Gasteiger partial charge in [-0.3, -0.25) is 0 Å². The number of hydrogen-bond donors (Lipinski definition) is 2. The Kier molecular flexibility index (Phi) is 4.90. The van der Waals surface area contributed by atoms with Crippen molar-refractivity contribution >= 4 is 12.4 Å². The van der Waals surface area contributed by atoms with E-state index in [1.165, 1.54) is 12.1 Å². The summed E-state index contributed by atoms with van der Waals surface area (Å²) < 4.78 is 36.4. The lowest BCUT2D eigenvalue weighted by atomic mass is 10.1. The summed E-state index contributed by atoms with van der Waals surface area (Å²) in [4.78, 5) is 0. The van der Waals surface area contributed by atoms with Crippen LogP contribution in [0.1, 0.15) is 11.1 Å². The van der Waals surface area contributed by atoms with Gasteiger partial charge in [-0.05, 0) is 11.6 Å². The third-order valence-electron chi connectivity index (χ3n) is 1.54. The maximum absolute atomic E-state index is 12.1. The molecule has 0 amide bonds. The number of rotatable bonds is 2. The minimum atomic E-state index is -4.33. The topological polar surface area (TPSA) is 32.3 Å². The molecule has 14 heavy (non-hydrogen) atoms. The normalized spacial score (nSPS) is 10.9. The van der Waals surface area contributed by atoms with Crippen molar-refractivity contribution in [1.29, 1.82) is 0 Å². The van der Waals surface area contributed by atoms with Crippen LogP contribution in [0.5, 0.6) is 0 Å². The molecule has 0 unspecified atom stereocenters. The van der Waals surface area contributed by atoms with Gasteiger partial charge >= 0.3 is 6.18 Å². The third-order valence-corrected chi connectivity index (χ3v) is 1.54. The van der Waals surface area contributed by atoms with E-state index in [2.05, 4.69) is 0 Å². The standard InChI is InChI=1S/C8H8F3NO.ClH/c9-8(10,11)7-3-1-2-6(4-7)5-12-13;/h1-4,12-13H,5H2;1H. The Bertz CT molecular complexity index is 290. The van der Waals surface area contributed by atoms with Crippen molar-refractivity contribution in [1.82, 2.24) is 5.48 Å². The molecule has 0 aliphatic rings. The molecule has 0 heterocycles. The molecule has 0 aliphatic heterocycles. The molecule has 1 aromatic rings. The predicted octanol–water partition coefficient (Wildman–Crippen LogP) is 2.61. The molecule has 6 heteroatoms. The number of benzene rings is 1.